The summed E-state index contributed by atoms with van der Waals surface area (Å²) in [5.74, 6) is 0.123. The van der Waals surface area contributed by atoms with E-state index in [2.05, 4.69) is 28.1 Å². The van der Waals surface area contributed by atoms with Crippen molar-refractivity contribution in [2.75, 3.05) is 25.5 Å². The van der Waals surface area contributed by atoms with Gasteiger partial charge < -0.3 is 16.0 Å². The third kappa shape index (κ3) is 3.28. The third-order valence-electron chi connectivity index (χ3n) is 2.95. The number of carbonyl (C=O) groups is 1. The summed E-state index contributed by atoms with van der Waals surface area (Å²) in [4.78, 5) is 11.2. The first kappa shape index (κ1) is 12.1. The van der Waals surface area contributed by atoms with Gasteiger partial charge >= 0.3 is 0 Å². The van der Waals surface area contributed by atoms with E-state index in [9.17, 15) is 4.79 Å². The van der Waals surface area contributed by atoms with Gasteiger partial charge in [-0.05, 0) is 30.7 Å². The standard InChI is InChI=1S/C13H19N3O/c1-14-6-7-15-9-10-2-4-12-11(8-10)3-5-13(17)16-12/h2,4,8,14-15H,3,5-7,9H2,1H3,(H,16,17). The minimum Gasteiger partial charge on any atom is -0.326 e. The fourth-order valence-corrected chi connectivity index (χ4v) is 1.99. The van der Waals surface area contributed by atoms with Crippen LogP contribution in [0.3, 0.4) is 0 Å². The fourth-order valence-electron chi connectivity index (χ4n) is 1.99. The van der Waals surface area contributed by atoms with Gasteiger partial charge in [0, 0.05) is 31.7 Å². The number of hydrogen-bond donors (Lipinski definition) is 3. The number of hydrogen-bond acceptors (Lipinski definition) is 3. The van der Waals surface area contributed by atoms with E-state index in [1.807, 2.05) is 13.1 Å². The minimum absolute atomic E-state index is 0.123. The van der Waals surface area contributed by atoms with E-state index in [-0.39, 0.29) is 5.91 Å². The molecule has 0 spiro atoms. The van der Waals surface area contributed by atoms with Crippen LogP contribution in [0.25, 0.3) is 0 Å². The van der Waals surface area contributed by atoms with E-state index >= 15 is 0 Å². The topological polar surface area (TPSA) is 53.2 Å². The Kier molecular flexibility index (Phi) is 4.12. The molecular formula is C13H19N3O. The van der Waals surface area contributed by atoms with Crippen molar-refractivity contribution in [1.29, 1.82) is 0 Å². The Morgan fingerprint density at radius 2 is 2.18 bits per heavy atom. The summed E-state index contributed by atoms with van der Waals surface area (Å²) in [6.07, 6.45) is 1.45. The average Bonchev–Trinajstić information content (AvgIpc) is 2.35. The van der Waals surface area contributed by atoms with E-state index in [1.54, 1.807) is 0 Å². The van der Waals surface area contributed by atoms with E-state index in [4.69, 9.17) is 0 Å². The lowest BCUT2D eigenvalue weighted by atomic mass is 10.0. The van der Waals surface area contributed by atoms with Crippen molar-refractivity contribution in [2.24, 2.45) is 0 Å². The maximum absolute atomic E-state index is 11.2. The molecule has 0 atom stereocenters. The molecule has 2 rings (SSSR count). The van der Waals surface area contributed by atoms with Gasteiger partial charge in [0.1, 0.15) is 0 Å². The molecule has 0 saturated carbocycles. The number of aryl methyl sites for hydroxylation is 1. The molecule has 4 heteroatoms. The summed E-state index contributed by atoms with van der Waals surface area (Å²) in [5.41, 5.74) is 3.49. The molecule has 4 nitrogen and oxygen atoms in total. The lowest BCUT2D eigenvalue weighted by Crippen LogP contribution is -2.24. The first-order valence-corrected chi connectivity index (χ1v) is 6.06. The number of likely N-dealkylation sites (N-methyl/N-ethyl adjacent to an activating group) is 1. The lowest BCUT2D eigenvalue weighted by molar-refractivity contribution is -0.116. The number of fused-ring (bicyclic) bond motifs is 1. The summed E-state index contributed by atoms with van der Waals surface area (Å²) >= 11 is 0. The Labute approximate surface area is 102 Å². The van der Waals surface area contributed by atoms with Crippen LogP contribution < -0.4 is 16.0 Å². The number of nitrogens with one attached hydrogen (secondary N) is 3. The minimum atomic E-state index is 0.123. The molecule has 17 heavy (non-hydrogen) atoms. The second-order valence-corrected chi connectivity index (χ2v) is 4.32. The van der Waals surface area contributed by atoms with Crippen LogP contribution in [0.4, 0.5) is 5.69 Å². The van der Waals surface area contributed by atoms with Gasteiger partial charge in [-0.2, -0.15) is 0 Å². The first-order valence-electron chi connectivity index (χ1n) is 6.06. The van der Waals surface area contributed by atoms with Crippen molar-refractivity contribution >= 4 is 11.6 Å². The molecule has 3 N–H and O–H groups in total. The molecule has 1 aromatic rings. The van der Waals surface area contributed by atoms with Crippen molar-refractivity contribution in [3.8, 4) is 0 Å². The maximum Gasteiger partial charge on any atom is 0.224 e. The Bertz CT molecular complexity index is 404. The van der Waals surface area contributed by atoms with Crippen LogP contribution in [0.15, 0.2) is 18.2 Å². The van der Waals surface area contributed by atoms with Crippen LogP contribution in [0, 0.1) is 0 Å². The second-order valence-electron chi connectivity index (χ2n) is 4.32. The van der Waals surface area contributed by atoms with Gasteiger partial charge in [-0.1, -0.05) is 12.1 Å². The van der Waals surface area contributed by atoms with Gasteiger partial charge in [-0.25, -0.2) is 0 Å². The summed E-state index contributed by atoms with van der Waals surface area (Å²) in [6, 6.07) is 6.25. The van der Waals surface area contributed by atoms with E-state index in [0.717, 1.165) is 31.7 Å². The van der Waals surface area contributed by atoms with Crippen LogP contribution in [-0.2, 0) is 17.8 Å². The van der Waals surface area contributed by atoms with Crippen molar-refractivity contribution in [3.63, 3.8) is 0 Å². The smallest absolute Gasteiger partial charge is 0.224 e. The van der Waals surface area contributed by atoms with Gasteiger partial charge in [0.25, 0.3) is 0 Å². The number of amides is 1. The van der Waals surface area contributed by atoms with E-state index < -0.39 is 0 Å². The van der Waals surface area contributed by atoms with Crippen molar-refractivity contribution in [3.05, 3.63) is 29.3 Å². The average molecular weight is 233 g/mol. The Hall–Kier alpha value is -1.39. The molecule has 1 aliphatic heterocycles. The summed E-state index contributed by atoms with van der Waals surface area (Å²) in [7, 11) is 1.95. The lowest BCUT2D eigenvalue weighted by Gasteiger charge is -2.17. The summed E-state index contributed by atoms with van der Waals surface area (Å²) in [5, 5.41) is 9.36. The van der Waals surface area contributed by atoms with Crippen molar-refractivity contribution < 1.29 is 4.79 Å². The highest BCUT2D eigenvalue weighted by Crippen LogP contribution is 2.23. The van der Waals surface area contributed by atoms with Crippen molar-refractivity contribution in [1.82, 2.24) is 10.6 Å². The van der Waals surface area contributed by atoms with Crippen LogP contribution >= 0.6 is 0 Å². The van der Waals surface area contributed by atoms with Crippen LogP contribution in [0.2, 0.25) is 0 Å². The molecule has 0 aliphatic carbocycles. The van der Waals surface area contributed by atoms with Crippen LogP contribution in [0.1, 0.15) is 17.5 Å². The van der Waals surface area contributed by atoms with Crippen LogP contribution in [0.5, 0.6) is 0 Å². The fraction of sp³-hybridized carbons (Fsp3) is 0.462. The maximum atomic E-state index is 11.2. The largest absolute Gasteiger partial charge is 0.326 e. The molecule has 0 unspecified atom stereocenters. The molecule has 0 radical (unpaired) electrons. The molecule has 92 valence electrons. The Morgan fingerprint density at radius 3 is 3.00 bits per heavy atom. The summed E-state index contributed by atoms with van der Waals surface area (Å²) in [6.45, 7) is 2.81. The molecule has 1 amide bonds. The highest BCUT2D eigenvalue weighted by atomic mass is 16.1. The molecule has 0 fully saturated rings. The number of carbonyl (C=O) groups excluding carboxylic acids is 1. The zero-order chi connectivity index (χ0) is 12.1. The highest BCUT2D eigenvalue weighted by molar-refractivity contribution is 5.93. The predicted octanol–water partition coefficient (Wildman–Crippen LogP) is 0.880. The SMILES string of the molecule is CNCCNCc1ccc2c(c1)CCC(=O)N2. The molecule has 0 bridgehead atoms. The Balaban J connectivity index is 1.94. The normalized spacial score (nSPS) is 14.3. The molecule has 0 aromatic heterocycles. The molecule has 1 heterocycles. The van der Waals surface area contributed by atoms with Gasteiger partial charge in [-0.15, -0.1) is 0 Å². The quantitative estimate of drug-likeness (QED) is 0.662. The molecule has 1 aliphatic rings. The highest BCUT2D eigenvalue weighted by Gasteiger charge is 2.14. The predicted molar refractivity (Wildman–Crippen MR) is 69.0 cm³/mol. The molecule has 1 aromatic carbocycles. The van der Waals surface area contributed by atoms with Gasteiger partial charge in [0.2, 0.25) is 5.91 Å². The second kappa shape index (κ2) is 5.80. The van der Waals surface area contributed by atoms with Crippen molar-refractivity contribution in [2.45, 2.75) is 19.4 Å². The number of benzene rings is 1. The monoisotopic (exact) mass is 233 g/mol. The van der Waals surface area contributed by atoms with Gasteiger partial charge in [0.05, 0.1) is 0 Å². The van der Waals surface area contributed by atoms with Gasteiger partial charge in [-0.3, -0.25) is 4.79 Å². The Morgan fingerprint density at radius 1 is 1.29 bits per heavy atom. The molecular weight excluding hydrogens is 214 g/mol. The van der Waals surface area contributed by atoms with E-state index in [1.165, 1.54) is 11.1 Å². The zero-order valence-corrected chi connectivity index (χ0v) is 10.2. The first-order chi connectivity index (χ1) is 8.29. The van der Waals surface area contributed by atoms with E-state index in [0.29, 0.717) is 6.42 Å². The van der Waals surface area contributed by atoms with Gasteiger partial charge in [0.15, 0.2) is 0 Å². The van der Waals surface area contributed by atoms with Crippen LogP contribution in [-0.4, -0.2) is 26.0 Å². The molecule has 0 saturated heterocycles. The third-order valence-corrected chi connectivity index (χ3v) is 2.95. The number of rotatable bonds is 5. The zero-order valence-electron chi connectivity index (χ0n) is 10.2. The number of anilines is 1. The summed E-state index contributed by atoms with van der Waals surface area (Å²) < 4.78 is 0.